The average molecular weight is 409 g/mol. The molecule has 0 aliphatic carbocycles. The Morgan fingerprint density at radius 3 is 2.57 bits per heavy atom. The van der Waals surface area contributed by atoms with Crippen molar-refractivity contribution in [2.45, 2.75) is 32.2 Å². The van der Waals surface area contributed by atoms with Crippen molar-refractivity contribution < 1.29 is 14.3 Å². The van der Waals surface area contributed by atoms with Gasteiger partial charge in [0.15, 0.2) is 11.5 Å². The van der Waals surface area contributed by atoms with Gasteiger partial charge in [-0.2, -0.15) is 0 Å². The molecule has 160 valence electrons. The maximum atomic E-state index is 12.8. The summed E-state index contributed by atoms with van der Waals surface area (Å²) >= 11 is 0. The van der Waals surface area contributed by atoms with E-state index in [1.54, 1.807) is 14.2 Å². The van der Waals surface area contributed by atoms with Crippen LogP contribution >= 0.6 is 0 Å². The number of piperidine rings is 1. The molecule has 0 unspecified atom stereocenters. The monoisotopic (exact) mass is 408 g/mol. The van der Waals surface area contributed by atoms with E-state index in [4.69, 9.17) is 9.47 Å². The first kappa shape index (κ1) is 20.7. The van der Waals surface area contributed by atoms with Crippen LogP contribution in [0.15, 0.2) is 48.5 Å². The van der Waals surface area contributed by atoms with E-state index in [9.17, 15) is 4.79 Å². The summed E-state index contributed by atoms with van der Waals surface area (Å²) in [4.78, 5) is 17.5. The van der Waals surface area contributed by atoms with Crippen molar-refractivity contribution in [3.05, 3.63) is 59.7 Å². The second-order valence-corrected chi connectivity index (χ2v) is 8.69. The molecule has 1 amide bonds. The van der Waals surface area contributed by atoms with E-state index in [0.717, 1.165) is 61.8 Å². The Bertz CT molecular complexity index is 870. The van der Waals surface area contributed by atoms with Crippen LogP contribution in [-0.2, 0) is 17.8 Å². The Morgan fingerprint density at radius 1 is 0.967 bits per heavy atom. The van der Waals surface area contributed by atoms with Gasteiger partial charge in [-0.15, -0.1) is 0 Å². The van der Waals surface area contributed by atoms with Gasteiger partial charge < -0.3 is 14.4 Å². The molecular formula is C25H32N2O3. The van der Waals surface area contributed by atoms with Gasteiger partial charge in [0.05, 0.1) is 20.6 Å². The Kier molecular flexibility index (Phi) is 6.28. The number of para-hydroxylation sites is 1. The zero-order chi connectivity index (χ0) is 21.0. The first-order valence-electron chi connectivity index (χ1n) is 10.9. The average Bonchev–Trinajstić information content (AvgIpc) is 3.17. The first-order valence-corrected chi connectivity index (χ1v) is 10.9. The number of carbonyl (C=O) groups excluding carboxylic acids is 1. The predicted octanol–water partition coefficient (Wildman–Crippen LogP) is 3.76. The number of amides is 1. The summed E-state index contributed by atoms with van der Waals surface area (Å²) in [5.41, 5.74) is 2.47. The highest BCUT2D eigenvalue weighted by atomic mass is 16.5. The molecule has 1 atom stereocenters. The summed E-state index contributed by atoms with van der Waals surface area (Å²) in [5, 5.41) is 0. The molecular weight excluding hydrogens is 376 g/mol. The molecule has 30 heavy (non-hydrogen) atoms. The van der Waals surface area contributed by atoms with E-state index in [1.165, 1.54) is 12.8 Å². The minimum atomic E-state index is 0.219. The van der Waals surface area contributed by atoms with Gasteiger partial charge in [0.1, 0.15) is 0 Å². The molecule has 2 fully saturated rings. The third kappa shape index (κ3) is 4.46. The van der Waals surface area contributed by atoms with Gasteiger partial charge >= 0.3 is 0 Å². The lowest BCUT2D eigenvalue weighted by Gasteiger charge is -2.40. The molecule has 2 aromatic rings. The SMILES string of the molecule is COc1cccc(CN2CCC[C@@]3(CCN(C(=O)Cc4ccccc4)C3)C2)c1OC. The van der Waals surface area contributed by atoms with E-state index in [-0.39, 0.29) is 11.3 Å². The Morgan fingerprint density at radius 2 is 1.80 bits per heavy atom. The minimum absolute atomic E-state index is 0.219. The third-order valence-electron chi connectivity index (χ3n) is 6.61. The number of carbonyl (C=O) groups is 1. The van der Waals surface area contributed by atoms with Gasteiger partial charge in [0, 0.05) is 37.2 Å². The predicted molar refractivity (Wildman–Crippen MR) is 118 cm³/mol. The Hall–Kier alpha value is -2.53. The van der Waals surface area contributed by atoms with Gasteiger partial charge in [-0.05, 0) is 37.4 Å². The molecule has 0 saturated carbocycles. The summed E-state index contributed by atoms with van der Waals surface area (Å²) < 4.78 is 11.1. The molecule has 1 spiro atoms. The zero-order valence-corrected chi connectivity index (χ0v) is 18.1. The number of nitrogens with zero attached hydrogens (tertiary/aromatic N) is 2. The fourth-order valence-electron chi connectivity index (χ4n) is 5.13. The van der Waals surface area contributed by atoms with Crippen molar-refractivity contribution in [3.63, 3.8) is 0 Å². The van der Waals surface area contributed by atoms with Crippen molar-refractivity contribution in [3.8, 4) is 11.5 Å². The highest BCUT2D eigenvalue weighted by Gasteiger charge is 2.42. The molecule has 2 aliphatic rings. The number of likely N-dealkylation sites (tertiary alicyclic amines) is 2. The molecule has 0 aromatic heterocycles. The van der Waals surface area contributed by atoms with Crippen LogP contribution in [0.4, 0.5) is 0 Å². The van der Waals surface area contributed by atoms with Gasteiger partial charge in [0.25, 0.3) is 0 Å². The number of methoxy groups -OCH3 is 2. The van der Waals surface area contributed by atoms with Crippen LogP contribution in [0.25, 0.3) is 0 Å². The summed E-state index contributed by atoms with van der Waals surface area (Å²) in [6, 6.07) is 16.1. The molecule has 2 heterocycles. The van der Waals surface area contributed by atoms with E-state index >= 15 is 0 Å². The lowest BCUT2D eigenvalue weighted by molar-refractivity contribution is -0.130. The van der Waals surface area contributed by atoms with Crippen molar-refractivity contribution in [2.75, 3.05) is 40.4 Å². The third-order valence-corrected chi connectivity index (χ3v) is 6.61. The molecule has 0 N–H and O–H groups in total. The standard InChI is InChI=1S/C25H32N2O3/c1-29-22-11-6-10-21(24(22)30-2)17-26-14-7-12-25(18-26)13-15-27(19-25)23(28)16-20-8-4-3-5-9-20/h3-6,8-11H,7,12-19H2,1-2H3/t25-/m1/s1. The van der Waals surface area contributed by atoms with Crippen LogP contribution in [0.1, 0.15) is 30.4 Å². The zero-order valence-electron chi connectivity index (χ0n) is 18.1. The molecule has 0 bridgehead atoms. The summed E-state index contributed by atoms with van der Waals surface area (Å²) in [6.45, 7) is 4.72. The molecule has 5 nitrogen and oxygen atoms in total. The number of benzene rings is 2. The molecule has 2 aromatic carbocycles. The van der Waals surface area contributed by atoms with Crippen LogP contribution in [-0.4, -0.2) is 56.1 Å². The second kappa shape index (κ2) is 9.09. The van der Waals surface area contributed by atoms with Gasteiger partial charge in [-0.1, -0.05) is 42.5 Å². The van der Waals surface area contributed by atoms with Crippen LogP contribution in [0.2, 0.25) is 0 Å². The highest BCUT2D eigenvalue weighted by Crippen LogP contribution is 2.40. The van der Waals surface area contributed by atoms with Crippen LogP contribution < -0.4 is 9.47 Å². The van der Waals surface area contributed by atoms with E-state index in [1.807, 2.05) is 42.5 Å². The quantitative estimate of drug-likeness (QED) is 0.730. The minimum Gasteiger partial charge on any atom is -0.493 e. The lowest BCUT2D eigenvalue weighted by Crippen LogP contribution is -2.45. The first-order chi connectivity index (χ1) is 14.6. The molecule has 2 aliphatic heterocycles. The number of hydrogen-bond acceptors (Lipinski definition) is 4. The number of ether oxygens (including phenoxy) is 2. The van der Waals surface area contributed by atoms with Crippen molar-refractivity contribution in [1.29, 1.82) is 0 Å². The smallest absolute Gasteiger partial charge is 0.227 e. The van der Waals surface area contributed by atoms with E-state index < -0.39 is 0 Å². The molecule has 2 saturated heterocycles. The van der Waals surface area contributed by atoms with E-state index in [2.05, 4.69) is 15.9 Å². The van der Waals surface area contributed by atoms with Crippen molar-refractivity contribution in [1.82, 2.24) is 9.80 Å². The van der Waals surface area contributed by atoms with Crippen molar-refractivity contribution >= 4 is 5.91 Å². The largest absolute Gasteiger partial charge is 0.493 e. The summed E-state index contributed by atoms with van der Waals surface area (Å²) in [6.07, 6.45) is 3.97. The molecule has 4 rings (SSSR count). The Labute approximate surface area is 179 Å². The van der Waals surface area contributed by atoms with Crippen LogP contribution in [0.3, 0.4) is 0 Å². The Balaban J connectivity index is 1.40. The second-order valence-electron chi connectivity index (χ2n) is 8.69. The topological polar surface area (TPSA) is 42.0 Å². The maximum absolute atomic E-state index is 12.8. The van der Waals surface area contributed by atoms with Gasteiger partial charge in [-0.25, -0.2) is 0 Å². The van der Waals surface area contributed by atoms with Crippen LogP contribution in [0, 0.1) is 5.41 Å². The fourth-order valence-corrected chi connectivity index (χ4v) is 5.13. The summed E-state index contributed by atoms with van der Waals surface area (Å²) in [5.74, 6) is 1.86. The highest BCUT2D eigenvalue weighted by molar-refractivity contribution is 5.79. The van der Waals surface area contributed by atoms with Crippen LogP contribution in [0.5, 0.6) is 11.5 Å². The number of hydrogen-bond donors (Lipinski definition) is 0. The van der Waals surface area contributed by atoms with Crippen molar-refractivity contribution in [2.24, 2.45) is 5.41 Å². The molecule has 5 heteroatoms. The normalized spacial score (nSPS) is 21.7. The van der Waals surface area contributed by atoms with Gasteiger partial charge in [0.2, 0.25) is 5.91 Å². The van der Waals surface area contributed by atoms with Gasteiger partial charge in [-0.3, -0.25) is 9.69 Å². The summed E-state index contributed by atoms with van der Waals surface area (Å²) in [7, 11) is 3.38. The number of rotatable bonds is 6. The molecule has 0 radical (unpaired) electrons. The van der Waals surface area contributed by atoms with E-state index in [0.29, 0.717) is 6.42 Å². The maximum Gasteiger partial charge on any atom is 0.227 e. The lowest BCUT2D eigenvalue weighted by atomic mass is 9.79. The fraction of sp³-hybridized carbons (Fsp3) is 0.480.